The smallest absolute Gasteiger partial charge is 0.255 e. The number of benzene rings is 1. The van der Waals surface area contributed by atoms with Crippen LogP contribution in [0.25, 0.3) is 0 Å². The number of hydrogen-bond acceptors (Lipinski definition) is 5. The molecule has 0 radical (unpaired) electrons. The minimum Gasteiger partial charge on any atom is -0.507 e. The van der Waals surface area contributed by atoms with E-state index in [0.29, 0.717) is 17.4 Å². The zero-order chi connectivity index (χ0) is 14.7. The van der Waals surface area contributed by atoms with Crippen molar-refractivity contribution >= 4 is 5.91 Å². The molecule has 2 aromatic rings. The minimum atomic E-state index is -0.409. The number of rotatable bonds is 4. The molecule has 1 amide bonds. The molecule has 2 N–H and O–H groups in total. The van der Waals surface area contributed by atoms with Gasteiger partial charge in [-0.15, -0.1) is 0 Å². The monoisotopic (exact) mass is 276 g/mol. The highest BCUT2D eigenvalue weighted by atomic mass is 16.5. The van der Waals surface area contributed by atoms with Gasteiger partial charge < -0.3 is 19.6 Å². The Morgan fingerprint density at radius 1 is 1.50 bits per heavy atom. The van der Waals surface area contributed by atoms with Crippen LogP contribution in [0.1, 0.15) is 35.0 Å². The lowest BCUT2D eigenvalue weighted by atomic mass is 10.1. The second kappa shape index (κ2) is 5.64. The second-order valence-electron chi connectivity index (χ2n) is 4.39. The van der Waals surface area contributed by atoms with E-state index in [4.69, 9.17) is 9.15 Å². The number of aromatic nitrogens is 1. The Kier molecular flexibility index (Phi) is 3.93. The Labute approximate surface area is 116 Å². The molecule has 1 unspecified atom stereocenters. The van der Waals surface area contributed by atoms with Gasteiger partial charge in [0.1, 0.15) is 23.3 Å². The van der Waals surface area contributed by atoms with E-state index in [1.807, 2.05) is 0 Å². The van der Waals surface area contributed by atoms with E-state index < -0.39 is 11.9 Å². The van der Waals surface area contributed by atoms with E-state index in [2.05, 4.69) is 10.3 Å². The number of phenols is 1. The first-order valence-electron chi connectivity index (χ1n) is 6.11. The molecule has 0 bridgehead atoms. The second-order valence-corrected chi connectivity index (χ2v) is 4.39. The Bertz CT molecular complexity index is 621. The van der Waals surface area contributed by atoms with E-state index in [0.717, 1.165) is 0 Å². The maximum absolute atomic E-state index is 12.1. The fourth-order valence-electron chi connectivity index (χ4n) is 1.74. The van der Waals surface area contributed by atoms with Gasteiger partial charge in [0.2, 0.25) is 5.89 Å². The van der Waals surface area contributed by atoms with Crippen molar-refractivity contribution in [2.45, 2.75) is 19.9 Å². The summed E-state index contributed by atoms with van der Waals surface area (Å²) < 4.78 is 10.3. The molecule has 20 heavy (non-hydrogen) atoms. The predicted molar refractivity (Wildman–Crippen MR) is 71.8 cm³/mol. The molecule has 1 aromatic heterocycles. The van der Waals surface area contributed by atoms with Crippen molar-refractivity contribution in [3.8, 4) is 11.5 Å². The number of nitrogens with zero attached hydrogens (tertiary/aromatic N) is 1. The van der Waals surface area contributed by atoms with Crippen LogP contribution in [0.3, 0.4) is 0 Å². The number of ether oxygens (including phenoxy) is 1. The van der Waals surface area contributed by atoms with Gasteiger partial charge in [-0.25, -0.2) is 4.98 Å². The lowest BCUT2D eigenvalue weighted by molar-refractivity contribution is 0.0931. The summed E-state index contributed by atoms with van der Waals surface area (Å²) in [6.07, 6.45) is 1.59. The van der Waals surface area contributed by atoms with Gasteiger partial charge in [0.25, 0.3) is 5.91 Å². The van der Waals surface area contributed by atoms with Gasteiger partial charge in [-0.2, -0.15) is 0 Å². The number of methoxy groups -OCH3 is 1. The number of aromatic hydroxyl groups is 1. The molecule has 0 aliphatic heterocycles. The van der Waals surface area contributed by atoms with Gasteiger partial charge in [-0.3, -0.25) is 4.79 Å². The Hall–Kier alpha value is -2.50. The molecule has 0 aliphatic carbocycles. The molecule has 1 atom stereocenters. The standard InChI is InChI=1S/C14H16N2O4/c1-8-7-15-14(20-8)9(2)16-13(18)11-5-4-10(19-3)6-12(11)17/h4-7,9,17H,1-3H3,(H,16,18). The Balaban J connectivity index is 2.12. The van der Waals surface area contributed by atoms with Gasteiger partial charge in [0, 0.05) is 6.07 Å². The minimum absolute atomic E-state index is 0.141. The van der Waals surface area contributed by atoms with Crippen molar-refractivity contribution in [1.82, 2.24) is 10.3 Å². The van der Waals surface area contributed by atoms with Crippen LogP contribution < -0.4 is 10.1 Å². The molecular weight excluding hydrogens is 260 g/mol. The summed E-state index contributed by atoms with van der Waals surface area (Å²) in [5.74, 6) is 1.03. The van der Waals surface area contributed by atoms with E-state index in [1.165, 1.54) is 19.2 Å². The Morgan fingerprint density at radius 3 is 2.80 bits per heavy atom. The van der Waals surface area contributed by atoms with Gasteiger partial charge in [-0.05, 0) is 26.0 Å². The fourth-order valence-corrected chi connectivity index (χ4v) is 1.74. The molecule has 6 nitrogen and oxygen atoms in total. The number of hydrogen-bond donors (Lipinski definition) is 2. The highest BCUT2D eigenvalue weighted by Gasteiger charge is 2.18. The first-order chi connectivity index (χ1) is 9.51. The first kappa shape index (κ1) is 13.9. The van der Waals surface area contributed by atoms with Crippen molar-refractivity contribution in [2.75, 3.05) is 7.11 Å². The van der Waals surface area contributed by atoms with Crippen molar-refractivity contribution < 1.29 is 19.1 Å². The van der Waals surface area contributed by atoms with Crippen LogP contribution in [-0.4, -0.2) is 23.1 Å². The van der Waals surface area contributed by atoms with Gasteiger partial charge in [0.05, 0.1) is 18.9 Å². The molecular formula is C14H16N2O4. The average molecular weight is 276 g/mol. The summed E-state index contributed by atoms with van der Waals surface area (Å²) in [5, 5.41) is 12.5. The molecule has 2 rings (SSSR count). The Morgan fingerprint density at radius 2 is 2.25 bits per heavy atom. The number of nitrogens with one attached hydrogen (secondary N) is 1. The lowest BCUT2D eigenvalue weighted by Crippen LogP contribution is -2.26. The van der Waals surface area contributed by atoms with E-state index in [1.54, 1.807) is 26.1 Å². The molecule has 0 aliphatic rings. The number of aryl methyl sites for hydroxylation is 1. The van der Waals surface area contributed by atoms with Crippen LogP contribution in [-0.2, 0) is 0 Å². The van der Waals surface area contributed by atoms with E-state index >= 15 is 0 Å². The van der Waals surface area contributed by atoms with E-state index in [9.17, 15) is 9.90 Å². The zero-order valence-electron chi connectivity index (χ0n) is 11.5. The van der Waals surface area contributed by atoms with Crippen LogP contribution >= 0.6 is 0 Å². The van der Waals surface area contributed by atoms with Gasteiger partial charge in [0.15, 0.2) is 0 Å². The summed E-state index contributed by atoms with van der Waals surface area (Å²) in [7, 11) is 1.49. The summed E-state index contributed by atoms with van der Waals surface area (Å²) in [6.45, 7) is 3.53. The topological polar surface area (TPSA) is 84.6 Å². The lowest BCUT2D eigenvalue weighted by Gasteiger charge is -2.12. The maximum atomic E-state index is 12.1. The highest BCUT2D eigenvalue weighted by Crippen LogP contribution is 2.24. The molecule has 1 aromatic carbocycles. The third-order valence-corrected chi connectivity index (χ3v) is 2.81. The summed E-state index contributed by atoms with van der Waals surface area (Å²) in [4.78, 5) is 16.1. The summed E-state index contributed by atoms with van der Waals surface area (Å²) >= 11 is 0. The first-order valence-corrected chi connectivity index (χ1v) is 6.11. The molecule has 6 heteroatoms. The summed E-state index contributed by atoms with van der Waals surface area (Å²) in [6, 6.07) is 4.10. The summed E-state index contributed by atoms with van der Waals surface area (Å²) in [5.41, 5.74) is 0.168. The van der Waals surface area contributed by atoms with Crippen LogP contribution in [0.5, 0.6) is 11.5 Å². The molecule has 0 spiro atoms. The van der Waals surface area contributed by atoms with Crippen molar-refractivity contribution in [3.05, 3.63) is 41.6 Å². The zero-order valence-corrected chi connectivity index (χ0v) is 11.5. The number of amides is 1. The third kappa shape index (κ3) is 2.90. The van der Waals surface area contributed by atoms with Crippen molar-refractivity contribution in [3.63, 3.8) is 0 Å². The molecule has 0 saturated heterocycles. The number of phenolic OH excluding ortho intramolecular Hbond substituents is 1. The average Bonchev–Trinajstić information content (AvgIpc) is 2.85. The van der Waals surface area contributed by atoms with Crippen molar-refractivity contribution in [2.24, 2.45) is 0 Å². The van der Waals surface area contributed by atoms with E-state index in [-0.39, 0.29) is 11.3 Å². The quantitative estimate of drug-likeness (QED) is 0.894. The van der Waals surface area contributed by atoms with Crippen LogP contribution in [0, 0.1) is 6.92 Å². The number of carbonyl (C=O) groups is 1. The van der Waals surface area contributed by atoms with Crippen LogP contribution in [0.15, 0.2) is 28.8 Å². The molecule has 1 heterocycles. The van der Waals surface area contributed by atoms with Crippen LogP contribution in [0.4, 0.5) is 0 Å². The SMILES string of the molecule is COc1ccc(C(=O)NC(C)c2ncc(C)o2)c(O)c1. The fraction of sp³-hybridized carbons (Fsp3) is 0.286. The molecule has 106 valence electrons. The molecule has 0 saturated carbocycles. The van der Waals surface area contributed by atoms with Crippen molar-refractivity contribution in [1.29, 1.82) is 0 Å². The van der Waals surface area contributed by atoms with Gasteiger partial charge >= 0.3 is 0 Å². The third-order valence-electron chi connectivity index (χ3n) is 2.81. The normalized spacial score (nSPS) is 11.9. The van der Waals surface area contributed by atoms with Crippen LogP contribution in [0.2, 0.25) is 0 Å². The number of carbonyl (C=O) groups excluding carboxylic acids is 1. The molecule has 0 fully saturated rings. The highest BCUT2D eigenvalue weighted by molar-refractivity contribution is 5.97. The van der Waals surface area contributed by atoms with Gasteiger partial charge in [-0.1, -0.05) is 0 Å². The number of oxazole rings is 1. The predicted octanol–water partition coefficient (Wildman–Crippen LogP) is 2.19. The largest absolute Gasteiger partial charge is 0.507 e. The maximum Gasteiger partial charge on any atom is 0.255 e.